The zero-order chi connectivity index (χ0) is 16.9. The zero-order valence-corrected chi connectivity index (χ0v) is 12.5. The highest BCUT2D eigenvalue weighted by Crippen LogP contribution is 2.13. The number of amides is 2. The van der Waals surface area contributed by atoms with E-state index in [2.05, 4.69) is 10.6 Å². The number of carbonyl (C=O) groups is 2. The number of hydrogen-bond acceptors (Lipinski definition) is 4. The van der Waals surface area contributed by atoms with Crippen LogP contribution in [0, 0.1) is 5.82 Å². The maximum absolute atomic E-state index is 12.8. The zero-order valence-electron chi connectivity index (χ0n) is 12.5. The molecule has 0 bridgehead atoms. The summed E-state index contributed by atoms with van der Waals surface area (Å²) in [4.78, 5) is 23.4. The third kappa shape index (κ3) is 5.23. The van der Waals surface area contributed by atoms with E-state index in [9.17, 15) is 19.1 Å². The molecule has 1 aromatic heterocycles. The molecular formula is C16H17FN2O4. The summed E-state index contributed by atoms with van der Waals surface area (Å²) in [6, 6.07) is 8.42. The topological polar surface area (TPSA) is 91.6 Å². The molecule has 0 fully saturated rings. The Balaban J connectivity index is 1.83. The summed E-state index contributed by atoms with van der Waals surface area (Å²) in [7, 11) is 0. The molecule has 0 saturated carbocycles. The van der Waals surface area contributed by atoms with Gasteiger partial charge in [-0.15, -0.1) is 0 Å². The quantitative estimate of drug-likeness (QED) is 0.728. The summed E-state index contributed by atoms with van der Waals surface area (Å²) in [5.74, 6) is -1.67. The minimum absolute atomic E-state index is 0.122. The van der Waals surface area contributed by atoms with Crippen LogP contribution in [-0.2, 0) is 16.0 Å². The lowest BCUT2D eigenvalue weighted by atomic mass is 10.0. The van der Waals surface area contributed by atoms with Gasteiger partial charge >= 0.3 is 11.8 Å². The van der Waals surface area contributed by atoms with Crippen LogP contribution in [0.1, 0.15) is 12.7 Å². The maximum atomic E-state index is 12.8. The summed E-state index contributed by atoms with van der Waals surface area (Å²) in [5.41, 5.74) is -0.960. The second kappa shape index (κ2) is 7.06. The summed E-state index contributed by atoms with van der Waals surface area (Å²) >= 11 is 0. The monoisotopic (exact) mass is 320 g/mol. The molecule has 0 aliphatic carbocycles. The first-order chi connectivity index (χ1) is 10.9. The van der Waals surface area contributed by atoms with E-state index < -0.39 is 23.2 Å². The normalized spacial score (nSPS) is 13.2. The van der Waals surface area contributed by atoms with E-state index in [1.165, 1.54) is 37.5 Å². The molecule has 23 heavy (non-hydrogen) atoms. The number of halogens is 1. The van der Waals surface area contributed by atoms with Gasteiger partial charge in [0.05, 0.1) is 11.9 Å². The average Bonchev–Trinajstić information content (AvgIpc) is 2.99. The third-order valence-electron chi connectivity index (χ3n) is 3.07. The molecule has 0 aliphatic rings. The van der Waals surface area contributed by atoms with Crippen molar-refractivity contribution >= 4 is 17.5 Å². The highest BCUT2D eigenvalue weighted by molar-refractivity contribution is 6.39. The fourth-order valence-corrected chi connectivity index (χ4v) is 1.92. The van der Waals surface area contributed by atoms with E-state index in [4.69, 9.17) is 4.42 Å². The summed E-state index contributed by atoms with van der Waals surface area (Å²) < 4.78 is 17.9. The van der Waals surface area contributed by atoms with Crippen LogP contribution in [0.3, 0.4) is 0 Å². The Morgan fingerprint density at radius 3 is 2.52 bits per heavy atom. The Hall–Kier alpha value is -2.67. The van der Waals surface area contributed by atoms with Crippen LogP contribution in [0.25, 0.3) is 0 Å². The lowest BCUT2D eigenvalue weighted by molar-refractivity contribution is -0.136. The van der Waals surface area contributed by atoms with Crippen molar-refractivity contribution in [3.8, 4) is 0 Å². The number of hydrogen-bond donors (Lipinski definition) is 3. The van der Waals surface area contributed by atoms with Crippen molar-refractivity contribution < 1.29 is 23.5 Å². The Bertz CT molecular complexity index is 666. The fourth-order valence-electron chi connectivity index (χ4n) is 1.92. The van der Waals surface area contributed by atoms with Crippen LogP contribution >= 0.6 is 0 Å². The predicted molar refractivity (Wildman–Crippen MR) is 81.1 cm³/mol. The van der Waals surface area contributed by atoms with Gasteiger partial charge in [-0.05, 0) is 43.3 Å². The molecule has 2 rings (SSSR count). The Morgan fingerprint density at radius 2 is 1.91 bits per heavy atom. The van der Waals surface area contributed by atoms with E-state index in [-0.39, 0.29) is 13.0 Å². The van der Waals surface area contributed by atoms with Crippen molar-refractivity contribution in [1.82, 2.24) is 5.32 Å². The van der Waals surface area contributed by atoms with Crippen molar-refractivity contribution in [2.45, 2.75) is 18.9 Å². The molecule has 2 aromatic rings. The van der Waals surface area contributed by atoms with E-state index in [0.29, 0.717) is 11.4 Å². The number of anilines is 1. The molecule has 6 nitrogen and oxygen atoms in total. The molecular weight excluding hydrogens is 303 g/mol. The highest BCUT2D eigenvalue weighted by Gasteiger charge is 2.25. The minimum atomic E-state index is -1.26. The smallest absolute Gasteiger partial charge is 0.313 e. The number of benzene rings is 1. The van der Waals surface area contributed by atoms with Crippen LogP contribution in [0.2, 0.25) is 0 Å². The van der Waals surface area contributed by atoms with Gasteiger partial charge in [0.2, 0.25) is 0 Å². The van der Waals surface area contributed by atoms with Gasteiger partial charge in [0.1, 0.15) is 11.6 Å². The molecule has 122 valence electrons. The van der Waals surface area contributed by atoms with Crippen LogP contribution in [0.4, 0.5) is 10.1 Å². The average molecular weight is 320 g/mol. The van der Waals surface area contributed by atoms with E-state index in [1.54, 1.807) is 12.1 Å². The number of nitrogens with one attached hydrogen (secondary N) is 2. The lowest BCUT2D eigenvalue weighted by Gasteiger charge is -2.22. The van der Waals surface area contributed by atoms with Crippen LogP contribution in [-0.4, -0.2) is 29.1 Å². The van der Waals surface area contributed by atoms with Crippen molar-refractivity contribution in [3.63, 3.8) is 0 Å². The lowest BCUT2D eigenvalue weighted by Crippen LogP contribution is -2.45. The van der Waals surface area contributed by atoms with E-state index >= 15 is 0 Å². The second-order valence-electron chi connectivity index (χ2n) is 5.40. The van der Waals surface area contributed by atoms with Crippen molar-refractivity contribution in [2.24, 2.45) is 0 Å². The van der Waals surface area contributed by atoms with Gasteiger partial charge < -0.3 is 20.2 Å². The van der Waals surface area contributed by atoms with Crippen molar-refractivity contribution in [3.05, 3.63) is 54.2 Å². The first-order valence-electron chi connectivity index (χ1n) is 6.95. The standard InChI is InChI=1S/C16H17FN2O4/c1-16(22,9-13-3-2-8-23-13)10-18-14(20)15(21)19-12-6-4-11(17)5-7-12/h2-8,22H,9-10H2,1H3,(H,18,20)(H,19,21). The largest absolute Gasteiger partial charge is 0.469 e. The Kier molecular flexibility index (Phi) is 5.13. The Morgan fingerprint density at radius 1 is 1.22 bits per heavy atom. The predicted octanol–water partition coefficient (Wildman–Crippen LogP) is 1.47. The van der Waals surface area contributed by atoms with Gasteiger partial charge in [0, 0.05) is 18.7 Å². The molecule has 2 amide bonds. The number of carbonyl (C=O) groups excluding carboxylic acids is 2. The van der Waals surface area contributed by atoms with E-state index in [1.807, 2.05) is 0 Å². The summed E-state index contributed by atoms with van der Waals surface area (Å²) in [6.45, 7) is 1.40. The minimum Gasteiger partial charge on any atom is -0.469 e. The number of furan rings is 1. The molecule has 3 N–H and O–H groups in total. The maximum Gasteiger partial charge on any atom is 0.313 e. The first kappa shape index (κ1) is 16.7. The molecule has 0 aliphatic heterocycles. The molecule has 1 atom stereocenters. The molecule has 0 spiro atoms. The molecule has 1 unspecified atom stereocenters. The highest BCUT2D eigenvalue weighted by atomic mass is 19.1. The molecule has 1 heterocycles. The van der Waals surface area contributed by atoms with Gasteiger partial charge in [-0.3, -0.25) is 9.59 Å². The van der Waals surface area contributed by atoms with E-state index in [0.717, 1.165) is 0 Å². The number of aliphatic hydroxyl groups is 1. The summed E-state index contributed by atoms with van der Waals surface area (Å²) in [6.07, 6.45) is 1.68. The van der Waals surface area contributed by atoms with Crippen LogP contribution in [0.5, 0.6) is 0 Å². The molecule has 1 aromatic carbocycles. The Labute approximate surface area is 132 Å². The van der Waals surface area contributed by atoms with Crippen LogP contribution < -0.4 is 10.6 Å². The van der Waals surface area contributed by atoms with Crippen molar-refractivity contribution in [1.29, 1.82) is 0 Å². The molecule has 0 radical (unpaired) electrons. The van der Waals surface area contributed by atoms with Gasteiger partial charge in [-0.2, -0.15) is 0 Å². The number of rotatable bonds is 5. The van der Waals surface area contributed by atoms with Gasteiger partial charge in [-0.1, -0.05) is 0 Å². The molecule has 7 heteroatoms. The van der Waals surface area contributed by atoms with Gasteiger partial charge in [0.15, 0.2) is 0 Å². The first-order valence-corrected chi connectivity index (χ1v) is 6.95. The fraction of sp³-hybridized carbons (Fsp3) is 0.250. The molecule has 0 saturated heterocycles. The van der Waals surface area contributed by atoms with Crippen molar-refractivity contribution in [2.75, 3.05) is 11.9 Å². The third-order valence-corrected chi connectivity index (χ3v) is 3.07. The van der Waals surface area contributed by atoms with Gasteiger partial charge in [0.25, 0.3) is 0 Å². The van der Waals surface area contributed by atoms with Crippen LogP contribution in [0.15, 0.2) is 47.1 Å². The SMILES string of the molecule is CC(O)(CNC(=O)C(=O)Nc1ccc(F)cc1)Cc1ccco1. The second-order valence-corrected chi connectivity index (χ2v) is 5.40. The van der Waals surface area contributed by atoms with Gasteiger partial charge in [-0.25, -0.2) is 4.39 Å². The summed E-state index contributed by atoms with van der Waals surface area (Å²) in [5, 5.41) is 14.9.